The smallest absolute Gasteiger partial charge is 0.123 e. The third-order valence-corrected chi connectivity index (χ3v) is 3.08. The quantitative estimate of drug-likeness (QED) is 0.760. The second kappa shape index (κ2) is 6.82. The predicted octanol–water partition coefficient (Wildman–Crippen LogP) is 2.21. The Balaban J connectivity index is 2.33. The monoisotopic (exact) mass is 229 g/mol. The molecule has 0 aliphatic carbocycles. The Morgan fingerprint density at radius 2 is 2.07 bits per heavy atom. The number of benzene rings is 1. The molecule has 4 heteroatoms. The Hall–Kier alpha value is -0.580. The highest BCUT2D eigenvalue weighted by Gasteiger charge is 2.05. The van der Waals surface area contributed by atoms with Gasteiger partial charge >= 0.3 is 0 Å². The molecule has 0 saturated carbocycles. The van der Waals surface area contributed by atoms with Crippen molar-refractivity contribution in [1.82, 2.24) is 0 Å². The third-order valence-electron chi connectivity index (χ3n) is 2.03. The minimum Gasteiger partial charge on any atom is -0.384 e. The van der Waals surface area contributed by atoms with Crippen molar-refractivity contribution in [3.63, 3.8) is 0 Å². The van der Waals surface area contributed by atoms with Crippen LogP contribution in [-0.2, 0) is 4.74 Å². The van der Waals surface area contributed by atoms with Crippen LogP contribution in [0, 0.1) is 5.82 Å². The highest BCUT2D eigenvalue weighted by Crippen LogP contribution is 2.16. The zero-order valence-corrected chi connectivity index (χ0v) is 9.60. The molecule has 0 amide bonds. The molecule has 2 nitrogen and oxygen atoms in total. The van der Waals surface area contributed by atoms with Crippen molar-refractivity contribution in [3.05, 3.63) is 35.6 Å². The van der Waals surface area contributed by atoms with Gasteiger partial charge in [0.15, 0.2) is 0 Å². The van der Waals surface area contributed by atoms with Gasteiger partial charge in [-0.05, 0) is 17.7 Å². The van der Waals surface area contributed by atoms with E-state index >= 15 is 0 Å². The van der Waals surface area contributed by atoms with E-state index in [9.17, 15) is 4.39 Å². The first kappa shape index (κ1) is 12.5. The zero-order valence-electron chi connectivity index (χ0n) is 8.78. The van der Waals surface area contributed by atoms with Crippen LogP contribution in [0.4, 0.5) is 4.39 Å². The molecule has 0 aromatic heterocycles. The number of hydrogen-bond acceptors (Lipinski definition) is 3. The second-order valence-electron chi connectivity index (χ2n) is 3.23. The molecule has 0 radical (unpaired) electrons. The van der Waals surface area contributed by atoms with E-state index in [0.29, 0.717) is 0 Å². The van der Waals surface area contributed by atoms with Gasteiger partial charge in [-0.3, -0.25) is 0 Å². The summed E-state index contributed by atoms with van der Waals surface area (Å²) in [6, 6.07) is 6.31. The van der Waals surface area contributed by atoms with Crippen molar-refractivity contribution in [1.29, 1.82) is 0 Å². The average molecular weight is 229 g/mol. The van der Waals surface area contributed by atoms with Gasteiger partial charge in [0.1, 0.15) is 5.82 Å². The molecular weight excluding hydrogens is 213 g/mol. The highest BCUT2D eigenvalue weighted by molar-refractivity contribution is 7.99. The molecule has 0 saturated heterocycles. The van der Waals surface area contributed by atoms with Crippen LogP contribution in [0.25, 0.3) is 0 Å². The van der Waals surface area contributed by atoms with Gasteiger partial charge in [0.05, 0.1) is 6.61 Å². The van der Waals surface area contributed by atoms with Crippen molar-refractivity contribution in [2.75, 3.05) is 25.2 Å². The van der Waals surface area contributed by atoms with Crippen molar-refractivity contribution in [3.8, 4) is 0 Å². The summed E-state index contributed by atoms with van der Waals surface area (Å²) in [4.78, 5) is 0. The van der Waals surface area contributed by atoms with E-state index in [1.54, 1.807) is 31.0 Å². The molecule has 0 aliphatic rings. The summed E-state index contributed by atoms with van der Waals surface area (Å²) >= 11 is 1.74. The van der Waals surface area contributed by atoms with Gasteiger partial charge in [0.25, 0.3) is 0 Å². The van der Waals surface area contributed by atoms with Crippen LogP contribution >= 0.6 is 11.8 Å². The fourth-order valence-corrected chi connectivity index (χ4v) is 2.06. The molecule has 0 fully saturated rings. The van der Waals surface area contributed by atoms with E-state index in [1.807, 2.05) is 0 Å². The van der Waals surface area contributed by atoms with E-state index in [1.165, 1.54) is 12.1 Å². The molecule has 84 valence electrons. The van der Waals surface area contributed by atoms with E-state index in [2.05, 4.69) is 0 Å². The number of nitrogens with two attached hydrogens (primary N) is 1. The topological polar surface area (TPSA) is 35.2 Å². The predicted molar refractivity (Wildman–Crippen MR) is 62.5 cm³/mol. The van der Waals surface area contributed by atoms with Gasteiger partial charge in [-0.2, -0.15) is 11.8 Å². The summed E-state index contributed by atoms with van der Waals surface area (Å²) in [5, 5.41) is 0. The summed E-state index contributed by atoms with van der Waals surface area (Å²) in [5.74, 6) is 1.54. The van der Waals surface area contributed by atoms with Gasteiger partial charge in [0, 0.05) is 24.7 Å². The molecule has 0 bridgehead atoms. The lowest BCUT2D eigenvalue weighted by Gasteiger charge is -2.11. The first-order chi connectivity index (χ1) is 7.24. The number of rotatable bonds is 6. The van der Waals surface area contributed by atoms with Crippen LogP contribution in [0.2, 0.25) is 0 Å². The van der Waals surface area contributed by atoms with E-state index in [0.717, 1.165) is 23.7 Å². The molecule has 0 aliphatic heterocycles. The lowest BCUT2D eigenvalue weighted by molar-refractivity contribution is 0.218. The Morgan fingerprint density at radius 1 is 1.40 bits per heavy atom. The van der Waals surface area contributed by atoms with Crippen LogP contribution in [-0.4, -0.2) is 25.2 Å². The minimum atomic E-state index is -0.224. The van der Waals surface area contributed by atoms with Crippen molar-refractivity contribution >= 4 is 11.8 Å². The third kappa shape index (κ3) is 4.64. The largest absolute Gasteiger partial charge is 0.384 e. The van der Waals surface area contributed by atoms with Crippen LogP contribution in [0.5, 0.6) is 0 Å². The summed E-state index contributed by atoms with van der Waals surface area (Å²) in [6.45, 7) is 0.737. The molecule has 15 heavy (non-hydrogen) atoms. The Kier molecular flexibility index (Phi) is 5.68. The Bertz CT molecular complexity index is 278. The molecule has 1 aromatic carbocycles. The molecule has 1 rings (SSSR count). The van der Waals surface area contributed by atoms with Crippen LogP contribution < -0.4 is 5.73 Å². The number of hydrogen-bond donors (Lipinski definition) is 1. The SMILES string of the molecule is COCCSCC(N)c1ccc(F)cc1. The lowest BCUT2D eigenvalue weighted by atomic mass is 10.1. The summed E-state index contributed by atoms with van der Waals surface area (Å²) in [7, 11) is 1.68. The summed E-state index contributed by atoms with van der Waals surface area (Å²) in [5.41, 5.74) is 6.92. The minimum absolute atomic E-state index is 0.0348. The maximum absolute atomic E-state index is 12.6. The molecule has 0 spiro atoms. The standard InChI is InChI=1S/C11H16FNOS/c1-14-6-7-15-8-11(13)9-2-4-10(12)5-3-9/h2-5,11H,6-8,13H2,1H3. The fraction of sp³-hybridized carbons (Fsp3) is 0.455. The first-order valence-electron chi connectivity index (χ1n) is 4.81. The molecule has 1 atom stereocenters. The van der Waals surface area contributed by atoms with Gasteiger partial charge < -0.3 is 10.5 Å². The van der Waals surface area contributed by atoms with Crippen LogP contribution in [0.1, 0.15) is 11.6 Å². The number of thioether (sulfide) groups is 1. The zero-order chi connectivity index (χ0) is 11.1. The second-order valence-corrected chi connectivity index (χ2v) is 4.38. The fourth-order valence-electron chi connectivity index (χ4n) is 1.16. The number of ether oxygens (including phenoxy) is 1. The Labute approximate surface area is 94.0 Å². The normalized spacial score (nSPS) is 12.7. The maximum atomic E-state index is 12.6. The molecule has 2 N–H and O–H groups in total. The van der Waals surface area contributed by atoms with Gasteiger partial charge in [-0.1, -0.05) is 12.1 Å². The van der Waals surface area contributed by atoms with Gasteiger partial charge in [0.2, 0.25) is 0 Å². The highest BCUT2D eigenvalue weighted by atomic mass is 32.2. The van der Waals surface area contributed by atoms with Gasteiger partial charge in [-0.15, -0.1) is 0 Å². The molecule has 1 aromatic rings. The van der Waals surface area contributed by atoms with Crippen LogP contribution in [0.15, 0.2) is 24.3 Å². The number of halogens is 1. The lowest BCUT2D eigenvalue weighted by Crippen LogP contribution is -2.13. The average Bonchev–Trinajstić information content (AvgIpc) is 2.25. The van der Waals surface area contributed by atoms with E-state index < -0.39 is 0 Å². The molecule has 0 heterocycles. The van der Waals surface area contributed by atoms with Crippen molar-refractivity contribution in [2.45, 2.75) is 6.04 Å². The van der Waals surface area contributed by atoms with Gasteiger partial charge in [-0.25, -0.2) is 4.39 Å². The van der Waals surface area contributed by atoms with Crippen LogP contribution in [0.3, 0.4) is 0 Å². The molecule has 1 unspecified atom stereocenters. The molecular formula is C11H16FNOS. The summed E-state index contributed by atoms with van der Waals surface area (Å²) < 4.78 is 17.6. The number of methoxy groups -OCH3 is 1. The summed E-state index contributed by atoms with van der Waals surface area (Å²) in [6.07, 6.45) is 0. The maximum Gasteiger partial charge on any atom is 0.123 e. The Morgan fingerprint density at radius 3 is 2.67 bits per heavy atom. The first-order valence-corrected chi connectivity index (χ1v) is 5.97. The van der Waals surface area contributed by atoms with E-state index in [-0.39, 0.29) is 11.9 Å². The van der Waals surface area contributed by atoms with Crippen molar-refractivity contribution < 1.29 is 9.13 Å². The van der Waals surface area contributed by atoms with Crippen molar-refractivity contribution in [2.24, 2.45) is 5.73 Å². The van der Waals surface area contributed by atoms with E-state index in [4.69, 9.17) is 10.5 Å².